The Morgan fingerprint density at radius 3 is 2.56 bits per heavy atom. The third-order valence-electron chi connectivity index (χ3n) is 2.01. The molecule has 0 unspecified atom stereocenters. The lowest BCUT2D eigenvalue weighted by atomic mass is 10.1. The summed E-state index contributed by atoms with van der Waals surface area (Å²) in [4.78, 5) is 11.5. The van der Waals surface area contributed by atoms with Gasteiger partial charge in [0, 0.05) is 22.0 Å². The fraction of sp³-hybridized carbons (Fsp3) is 0.364. The molecule has 5 heteroatoms. The highest BCUT2D eigenvalue weighted by molar-refractivity contribution is 14.1. The lowest BCUT2D eigenvalue weighted by molar-refractivity contribution is -0.135. The highest BCUT2D eigenvalue weighted by Gasteiger charge is 2.26. The molecule has 0 aliphatic rings. The number of alkyl halides is 3. The van der Waals surface area contributed by atoms with Crippen molar-refractivity contribution in [1.82, 2.24) is 0 Å². The molecule has 0 bridgehead atoms. The Labute approximate surface area is 105 Å². The molecule has 0 saturated heterocycles. The first-order valence-corrected chi connectivity index (χ1v) is 5.82. The first kappa shape index (κ1) is 13.5. The molecule has 0 saturated carbocycles. The zero-order valence-electron chi connectivity index (χ0n) is 8.35. The number of rotatable bonds is 4. The number of carbonyl (C=O) groups is 1. The first-order chi connectivity index (χ1) is 7.38. The molecule has 0 N–H and O–H groups in total. The number of carbonyl (C=O) groups excluding carboxylic acids is 1. The maximum absolute atomic E-state index is 11.9. The summed E-state index contributed by atoms with van der Waals surface area (Å²) in [6, 6.07) is 6.85. The molecule has 1 aromatic carbocycles. The third kappa shape index (κ3) is 4.96. The van der Waals surface area contributed by atoms with Crippen LogP contribution in [0.1, 0.15) is 29.6 Å². The SMILES string of the molecule is O=C(CCCC(F)(F)F)c1cccc(I)c1. The number of benzene rings is 1. The molecular weight excluding hydrogens is 332 g/mol. The number of ketones is 1. The Kier molecular flexibility index (Phi) is 4.76. The molecule has 0 amide bonds. The minimum Gasteiger partial charge on any atom is -0.294 e. The van der Waals surface area contributed by atoms with E-state index in [0.717, 1.165) is 3.57 Å². The van der Waals surface area contributed by atoms with Gasteiger partial charge in [-0.25, -0.2) is 0 Å². The Balaban J connectivity index is 2.47. The van der Waals surface area contributed by atoms with Crippen LogP contribution < -0.4 is 0 Å². The number of Topliss-reactive ketones (excluding diaryl/α,β-unsaturated/α-hetero) is 1. The number of hydrogen-bond acceptors (Lipinski definition) is 1. The summed E-state index contributed by atoms with van der Waals surface area (Å²) < 4.78 is 36.5. The summed E-state index contributed by atoms with van der Waals surface area (Å²) >= 11 is 2.06. The highest BCUT2D eigenvalue weighted by atomic mass is 127. The van der Waals surface area contributed by atoms with Gasteiger partial charge >= 0.3 is 6.18 Å². The molecule has 0 aliphatic carbocycles. The van der Waals surface area contributed by atoms with Crippen LogP contribution in [0.3, 0.4) is 0 Å². The maximum Gasteiger partial charge on any atom is 0.389 e. The molecule has 0 aromatic heterocycles. The molecule has 1 nitrogen and oxygen atoms in total. The predicted molar refractivity (Wildman–Crippen MR) is 63.4 cm³/mol. The van der Waals surface area contributed by atoms with Gasteiger partial charge in [0.25, 0.3) is 0 Å². The van der Waals surface area contributed by atoms with Crippen molar-refractivity contribution < 1.29 is 18.0 Å². The van der Waals surface area contributed by atoms with Crippen LogP contribution >= 0.6 is 22.6 Å². The predicted octanol–water partition coefficient (Wildman–Crippen LogP) is 4.21. The fourth-order valence-corrected chi connectivity index (χ4v) is 1.80. The van der Waals surface area contributed by atoms with Crippen molar-refractivity contribution in [3.05, 3.63) is 33.4 Å². The van der Waals surface area contributed by atoms with Gasteiger partial charge in [-0.05, 0) is 41.1 Å². The largest absolute Gasteiger partial charge is 0.389 e. The summed E-state index contributed by atoms with van der Waals surface area (Å²) in [7, 11) is 0. The fourth-order valence-electron chi connectivity index (χ4n) is 1.26. The van der Waals surface area contributed by atoms with Crippen molar-refractivity contribution in [2.24, 2.45) is 0 Å². The van der Waals surface area contributed by atoms with Gasteiger partial charge in [-0.1, -0.05) is 12.1 Å². The van der Waals surface area contributed by atoms with Gasteiger partial charge < -0.3 is 0 Å². The van der Waals surface area contributed by atoms with E-state index in [4.69, 9.17) is 0 Å². The Morgan fingerprint density at radius 1 is 1.31 bits per heavy atom. The van der Waals surface area contributed by atoms with E-state index in [0.29, 0.717) is 5.56 Å². The van der Waals surface area contributed by atoms with Crippen molar-refractivity contribution in [3.63, 3.8) is 0 Å². The zero-order chi connectivity index (χ0) is 12.2. The lowest BCUT2D eigenvalue weighted by Gasteiger charge is -2.05. The summed E-state index contributed by atoms with van der Waals surface area (Å²) in [6.45, 7) is 0. The molecule has 88 valence electrons. The van der Waals surface area contributed by atoms with Crippen molar-refractivity contribution in [1.29, 1.82) is 0 Å². The number of hydrogen-bond donors (Lipinski definition) is 0. The summed E-state index contributed by atoms with van der Waals surface area (Å²) in [5.41, 5.74) is 0.481. The van der Waals surface area contributed by atoms with Crippen LogP contribution in [0.15, 0.2) is 24.3 Å². The van der Waals surface area contributed by atoms with E-state index in [9.17, 15) is 18.0 Å². The summed E-state index contributed by atoms with van der Waals surface area (Å²) in [6.07, 6.45) is -5.28. The van der Waals surface area contributed by atoms with Crippen LogP contribution in [-0.4, -0.2) is 12.0 Å². The Hall–Kier alpha value is -0.590. The highest BCUT2D eigenvalue weighted by Crippen LogP contribution is 2.23. The smallest absolute Gasteiger partial charge is 0.294 e. The molecule has 16 heavy (non-hydrogen) atoms. The maximum atomic E-state index is 11.9. The number of halogens is 4. The van der Waals surface area contributed by atoms with E-state index in [1.807, 2.05) is 6.07 Å². The average Bonchev–Trinajstić information content (AvgIpc) is 2.15. The zero-order valence-corrected chi connectivity index (χ0v) is 10.5. The molecule has 0 fully saturated rings. The quantitative estimate of drug-likeness (QED) is 0.592. The van der Waals surface area contributed by atoms with Crippen molar-refractivity contribution >= 4 is 28.4 Å². The van der Waals surface area contributed by atoms with E-state index >= 15 is 0 Å². The van der Waals surface area contributed by atoms with E-state index in [2.05, 4.69) is 22.6 Å². The molecule has 1 rings (SSSR count). The molecule has 0 heterocycles. The minimum atomic E-state index is -4.18. The van der Waals surface area contributed by atoms with Gasteiger partial charge in [-0.3, -0.25) is 4.79 Å². The van der Waals surface area contributed by atoms with E-state index in [1.165, 1.54) is 0 Å². The molecular formula is C11H10F3IO. The summed E-state index contributed by atoms with van der Waals surface area (Å²) in [5, 5.41) is 0. The molecule has 1 aromatic rings. The topological polar surface area (TPSA) is 17.1 Å². The lowest BCUT2D eigenvalue weighted by Crippen LogP contribution is -2.08. The molecule has 0 spiro atoms. The van der Waals surface area contributed by atoms with Gasteiger partial charge in [0.2, 0.25) is 0 Å². The molecule has 0 atom stereocenters. The summed E-state index contributed by atoms with van der Waals surface area (Å²) in [5.74, 6) is -0.234. The van der Waals surface area contributed by atoms with Crippen LogP contribution in [0, 0.1) is 3.57 Å². The second kappa shape index (κ2) is 5.65. The Bertz CT molecular complexity index is 374. The van der Waals surface area contributed by atoms with Crippen LogP contribution in [0.25, 0.3) is 0 Å². The van der Waals surface area contributed by atoms with Crippen molar-refractivity contribution in [3.8, 4) is 0 Å². The second-order valence-corrected chi connectivity index (χ2v) is 4.65. The second-order valence-electron chi connectivity index (χ2n) is 3.40. The standard InChI is InChI=1S/C11H10F3IO/c12-11(13,14)6-2-5-10(16)8-3-1-4-9(15)7-8/h1,3-4,7H,2,5-6H2. The molecule has 0 radical (unpaired) electrons. The van der Waals surface area contributed by atoms with Crippen LogP contribution in [0.2, 0.25) is 0 Å². The van der Waals surface area contributed by atoms with Gasteiger partial charge in [-0.15, -0.1) is 0 Å². The van der Waals surface area contributed by atoms with Crippen molar-refractivity contribution in [2.45, 2.75) is 25.4 Å². The first-order valence-electron chi connectivity index (χ1n) is 4.74. The van der Waals surface area contributed by atoms with Crippen LogP contribution in [0.4, 0.5) is 13.2 Å². The van der Waals surface area contributed by atoms with Crippen LogP contribution in [-0.2, 0) is 0 Å². The molecule has 0 aliphatic heterocycles. The van der Waals surface area contributed by atoms with Gasteiger partial charge in [-0.2, -0.15) is 13.2 Å². The normalized spacial score (nSPS) is 11.5. The van der Waals surface area contributed by atoms with E-state index in [1.54, 1.807) is 18.2 Å². The van der Waals surface area contributed by atoms with E-state index in [-0.39, 0.29) is 18.6 Å². The Morgan fingerprint density at radius 2 is 2.00 bits per heavy atom. The third-order valence-corrected chi connectivity index (χ3v) is 2.68. The van der Waals surface area contributed by atoms with E-state index < -0.39 is 12.6 Å². The van der Waals surface area contributed by atoms with Crippen LogP contribution in [0.5, 0.6) is 0 Å². The van der Waals surface area contributed by atoms with Gasteiger partial charge in [0.05, 0.1) is 0 Å². The minimum absolute atomic E-state index is 0.0559. The van der Waals surface area contributed by atoms with Gasteiger partial charge in [0.15, 0.2) is 5.78 Å². The van der Waals surface area contributed by atoms with Gasteiger partial charge in [0.1, 0.15) is 0 Å². The monoisotopic (exact) mass is 342 g/mol. The van der Waals surface area contributed by atoms with Crippen molar-refractivity contribution in [2.75, 3.05) is 0 Å². The average molecular weight is 342 g/mol.